The van der Waals surface area contributed by atoms with Crippen LogP contribution < -0.4 is 10.1 Å². The lowest BCUT2D eigenvalue weighted by molar-refractivity contribution is -0.127. The van der Waals surface area contributed by atoms with Gasteiger partial charge in [-0.1, -0.05) is 6.07 Å². The molecule has 2 aromatic rings. The number of aromatic nitrogens is 1. The summed E-state index contributed by atoms with van der Waals surface area (Å²) in [4.78, 5) is 16.3. The van der Waals surface area contributed by atoms with E-state index in [1.54, 1.807) is 6.92 Å². The third-order valence-electron chi connectivity index (χ3n) is 2.84. The number of hydrogen-bond acceptors (Lipinski definition) is 4. The number of halogens is 1. The Kier molecular flexibility index (Phi) is 5.36. The molecule has 1 aromatic heterocycles. The van der Waals surface area contributed by atoms with Gasteiger partial charge in [0.2, 0.25) is 0 Å². The quantitative estimate of drug-likeness (QED) is 0.876. The summed E-state index contributed by atoms with van der Waals surface area (Å²) in [6.07, 6.45) is -0.565. The van der Waals surface area contributed by atoms with Gasteiger partial charge in [-0.05, 0) is 54.4 Å². The van der Waals surface area contributed by atoms with Gasteiger partial charge in [-0.3, -0.25) is 4.79 Å². The van der Waals surface area contributed by atoms with E-state index in [-0.39, 0.29) is 5.91 Å². The molecule has 6 heteroatoms. The Hall–Kier alpha value is -1.40. The summed E-state index contributed by atoms with van der Waals surface area (Å²) in [6, 6.07) is 5.76. The SMILES string of the molecule is Cc1ccc(O[C@H](C)C(=O)NCc2nc(C)cs2)c(Br)c1. The van der Waals surface area contributed by atoms with Crippen molar-refractivity contribution in [3.8, 4) is 5.75 Å². The first kappa shape index (κ1) is 16.0. The number of aryl methyl sites for hydroxylation is 2. The van der Waals surface area contributed by atoms with E-state index in [1.165, 1.54) is 11.3 Å². The van der Waals surface area contributed by atoms with Crippen molar-refractivity contribution in [1.29, 1.82) is 0 Å². The van der Waals surface area contributed by atoms with Crippen molar-refractivity contribution in [2.75, 3.05) is 0 Å². The average molecular weight is 369 g/mol. The molecule has 4 nitrogen and oxygen atoms in total. The average Bonchev–Trinajstić information content (AvgIpc) is 2.85. The molecule has 0 unspecified atom stereocenters. The van der Waals surface area contributed by atoms with Gasteiger partial charge in [0.05, 0.1) is 11.0 Å². The van der Waals surface area contributed by atoms with E-state index in [2.05, 4.69) is 26.2 Å². The fourth-order valence-corrected chi connectivity index (χ4v) is 3.03. The lowest BCUT2D eigenvalue weighted by Crippen LogP contribution is -2.35. The summed E-state index contributed by atoms with van der Waals surface area (Å²) >= 11 is 4.98. The Morgan fingerprint density at radius 2 is 2.24 bits per heavy atom. The van der Waals surface area contributed by atoms with Crippen LogP contribution in [0.4, 0.5) is 0 Å². The summed E-state index contributed by atoms with van der Waals surface area (Å²) in [6.45, 7) is 6.10. The second-order valence-corrected chi connectivity index (χ2v) is 6.59. The Morgan fingerprint density at radius 3 is 2.86 bits per heavy atom. The van der Waals surface area contributed by atoms with Gasteiger partial charge in [-0.15, -0.1) is 11.3 Å². The van der Waals surface area contributed by atoms with Crippen LogP contribution in [-0.2, 0) is 11.3 Å². The van der Waals surface area contributed by atoms with Crippen molar-refractivity contribution in [2.45, 2.75) is 33.4 Å². The highest BCUT2D eigenvalue weighted by atomic mass is 79.9. The summed E-state index contributed by atoms with van der Waals surface area (Å²) in [5.41, 5.74) is 2.10. The predicted octanol–water partition coefficient (Wildman–Crippen LogP) is 3.61. The first-order valence-corrected chi connectivity index (χ1v) is 8.24. The maximum Gasteiger partial charge on any atom is 0.261 e. The molecule has 0 fully saturated rings. The van der Waals surface area contributed by atoms with Gasteiger partial charge in [-0.25, -0.2) is 4.98 Å². The van der Waals surface area contributed by atoms with Crippen molar-refractivity contribution in [1.82, 2.24) is 10.3 Å². The zero-order chi connectivity index (χ0) is 15.4. The normalized spacial score (nSPS) is 12.0. The number of nitrogens with one attached hydrogen (secondary N) is 1. The lowest BCUT2D eigenvalue weighted by Gasteiger charge is -2.15. The Labute approximate surface area is 136 Å². The monoisotopic (exact) mass is 368 g/mol. The number of carbonyl (C=O) groups is 1. The molecule has 2 rings (SSSR count). The Balaban J connectivity index is 1.90. The van der Waals surface area contributed by atoms with Crippen LogP contribution in [-0.4, -0.2) is 17.0 Å². The fraction of sp³-hybridized carbons (Fsp3) is 0.333. The van der Waals surface area contributed by atoms with Gasteiger partial charge in [0, 0.05) is 11.1 Å². The summed E-state index contributed by atoms with van der Waals surface area (Å²) < 4.78 is 6.52. The molecule has 112 valence electrons. The van der Waals surface area contributed by atoms with E-state index in [0.717, 1.165) is 20.7 Å². The number of ether oxygens (including phenoxy) is 1. The zero-order valence-electron chi connectivity index (χ0n) is 12.1. The third-order valence-corrected chi connectivity index (χ3v) is 4.43. The van der Waals surface area contributed by atoms with Crippen molar-refractivity contribution >= 4 is 33.2 Å². The van der Waals surface area contributed by atoms with E-state index < -0.39 is 6.10 Å². The van der Waals surface area contributed by atoms with Crippen LogP contribution in [0.1, 0.15) is 23.2 Å². The van der Waals surface area contributed by atoms with Gasteiger partial charge in [0.15, 0.2) is 6.10 Å². The zero-order valence-corrected chi connectivity index (χ0v) is 14.5. The van der Waals surface area contributed by atoms with Crippen LogP contribution in [0.5, 0.6) is 5.75 Å². The van der Waals surface area contributed by atoms with Gasteiger partial charge < -0.3 is 10.1 Å². The Morgan fingerprint density at radius 1 is 1.48 bits per heavy atom. The standard InChI is InChI=1S/C15H17BrN2O2S/c1-9-4-5-13(12(16)6-9)20-11(3)15(19)17-7-14-18-10(2)8-21-14/h4-6,8,11H,7H2,1-3H3,(H,17,19)/t11-/m1/s1. The topological polar surface area (TPSA) is 51.2 Å². The maximum atomic E-state index is 12.0. The van der Waals surface area contributed by atoms with E-state index in [4.69, 9.17) is 4.74 Å². The molecule has 1 aromatic carbocycles. The minimum Gasteiger partial charge on any atom is -0.480 e. The molecule has 1 atom stereocenters. The number of hydrogen-bond donors (Lipinski definition) is 1. The van der Waals surface area contributed by atoms with Gasteiger partial charge in [-0.2, -0.15) is 0 Å². The number of amides is 1. The molecule has 0 bridgehead atoms. The van der Waals surface area contributed by atoms with Crippen LogP contribution in [0.25, 0.3) is 0 Å². The maximum absolute atomic E-state index is 12.0. The van der Waals surface area contributed by atoms with Crippen molar-refractivity contribution in [3.05, 3.63) is 44.3 Å². The second kappa shape index (κ2) is 7.04. The van der Waals surface area contributed by atoms with Crippen LogP contribution in [0.2, 0.25) is 0 Å². The van der Waals surface area contributed by atoms with E-state index >= 15 is 0 Å². The second-order valence-electron chi connectivity index (χ2n) is 4.79. The molecule has 0 aliphatic rings. The van der Waals surface area contributed by atoms with Crippen LogP contribution in [0.3, 0.4) is 0 Å². The van der Waals surface area contributed by atoms with Gasteiger partial charge in [0.25, 0.3) is 5.91 Å². The summed E-state index contributed by atoms with van der Waals surface area (Å²) in [5, 5.41) is 5.69. The van der Waals surface area contributed by atoms with E-state index in [0.29, 0.717) is 12.3 Å². The summed E-state index contributed by atoms with van der Waals surface area (Å²) in [5.74, 6) is 0.503. The number of nitrogens with zero attached hydrogens (tertiary/aromatic N) is 1. The molecule has 21 heavy (non-hydrogen) atoms. The highest BCUT2D eigenvalue weighted by Gasteiger charge is 2.16. The van der Waals surface area contributed by atoms with Crippen molar-refractivity contribution < 1.29 is 9.53 Å². The van der Waals surface area contributed by atoms with Gasteiger partial charge >= 0.3 is 0 Å². The van der Waals surface area contributed by atoms with Crippen molar-refractivity contribution in [3.63, 3.8) is 0 Å². The smallest absolute Gasteiger partial charge is 0.261 e. The minimum atomic E-state index is -0.565. The molecule has 0 saturated heterocycles. The van der Waals surface area contributed by atoms with E-state index in [1.807, 2.05) is 37.4 Å². The molecular weight excluding hydrogens is 352 g/mol. The molecule has 0 radical (unpaired) electrons. The largest absolute Gasteiger partial charge is 0.480 e. The van der Waals surface area contributed by atoms with Gasteiger partial charge in [0.1, 0.15) is 10.8 Å². The molecule has 0 saturated carbocycles. The number of thiazole rings is 1. The molecule has 0 aliphatic heterocycles. The Bertz CT molecular complexity index is 642. The minimum absolute atomic E-state index is 0.157. The fourth-order valence-electron chi connectivity index (χ4n) is 1.74. The molecule has 1 heterocycles. The molecule has 0 aliphatic carbocycles. The summed E-state index contributed by atoms with van der Waals surface area (Å²) in [7, 11) is 0. The van der Waals surface area contributed by atoms with E-state index in [9.17, 15) is 4.79 Å². The first-order chi connectivity index (χ1) is 9.95. The number of benzene rings is 1. The first-order valence-electron chi connectivity index (χ1n) is 6.57. The lowest BCUT2D eigenvalue weighted by atomic mass is 10.2. The predicted molar refractivity (Wildman–Crippen MR) is 87.7 cm³/mol. The number of rotatable bonds is 5. The highest BCUT2D eigenvalue weighted by molar-refractivity contribution is 9.10. The van der Waals surface area contributed by atoms with Crippen LogP contribution >= 0.6 is 27.3 Å². The molecule has 0 spiro atoms. The molecule has 1 N–H and O–H groups in total. The molecular formula is C15H17BrN2O2S. The highest BCUT2D eigenvalue weighted by Crippen LogP contribution is 2.26. The molecule has 1 amide bonds. The number of carbonyl (C=O) groups excluding carboxylic acids is 1. The van der Waals surface area contributed by atoms with Crippen molar-refractivity contribution in [2.24, 2.45) is 0 Å². The van der Waals surface area contributed by atoms with Crippen LogP contribution in [0.15, 0.2) is 28.1 Å². The van der Waals surface area contributed by atoms with Crippen LogP contribution in [0, 0.1) is 13.8 Å². The third kappa shape index (κ3) is 4.54.